The lowest BCUT2D eigenvalue weighted by Gasteiger charge is -2.28. The summed E-state index contributed by atoms with van der Waals surface area (Å²) < 4.78 is 15.5. The first-order valence-electron chi connectivity index (χ1n) is 14.2. The van der Waals surface area contributed by atoms with Crippen LogP contribution in [0.15, 0.2) is 29.3 Å². The van der Waals surface area contributed by atoms with Gasteiger partial charge in [-0.1, -0.05) is 65.7 Å². The normalized spacial score (nSPS) is 14.0. The van der Waals surface area contributed by atoms with Crippen LogP contribution in [0.3, 0.4) is 0 Å². The van der Waals surface area contributed by atoms with Gasteiger partial charge in [-0.15, -0.1) is 21.5 Å². The predicted molar refractivity (Wildman–Crippen MR) is 182 cm³/mol. The number of aryl methyl sites for hydroxylation is 1. The lowest BCUT2D eigenvalue weighted by molar-refractivity contribution is 0.0593. The highest BCUT2D eigenvalue weighted by atomic mass is 127. The number of rotatable bonds is 11. The minimum absolute atomic E-state index is 0.393. The van der Waals surface area contributed by atoms with Crippen LogP contribution in [0, 0.1) is 6.92 Å². The zero-order chi connectivity index (χ0) is 29.9. The van der Waals surface area contributed by atoms with Gasteiger partial charge in [-0.25, -0.2) is 9.78 Å². The maximum Gasteiger partial charge on any atom is 0.357 e. The average Bonchev–Trinajstić information content (AvgIpc) is 3.55. The van der Waals surface area contributed by atoms with Crippen LogP contribution in [-0.2, 0) is 29.0 Å². The third kappa shape index (κ3) is 6.95. The largest absolute Gasteiger partial charge is 0.464 e. The van der Waals surface area contributed by atoms with E-state index >= 15 is 0 Å². The molecule has 0 saturated carbocycles. The topological polar surface area (TPSA) is 94.7 Å². The van der Waals surface area contributed by atoms with Gasteiger partial charge in [0.2, 0.25) is 0 Å². The Bertz CT molecular complexity index is 1640. The lowest BCUT2D eigenvalue weighted by atomic mass is 10.0. The number of hydrogen-bond acceptors (Lipinski definition) is 10. The molecule has 0 aliphatic carbocycles. The molecule has 0 spiro atoms. The summed E-state index contributed by atoms with van der Waals surface area (Å²) in [6.07, 6.45) is 3.61. The number of esters is 1. The lowest BCUT2D eigenvalue weighted by Crippen LogP contribution is -2.27. The van der Waals surface area contributed by atoms with Crippen LogP contribution in [0.25, 0.3) is 10.2 Å². The maximum atomic E-state index is 12.5. The van der Waals surface area contributed by atoms with Gasteiger partial charge in [0.1, 0.15) is 6.73 Å². The first-order chi connectivity index (χ1) is 20.2. The predicted octanol–water partition coefficient (Wildman–Crippen LogP) is 7.04. The van der Waals surface area contributed by atoms with Gasteiger partial charge >= 0.3 is 5.97 Å². The summed E-state index contributed by atoms with van der Waals surface area (Å²) in [4.78, 5) is 26.1. The summed E-state index contributed by atoms with van der Waals surface area (Å²) in [5.41, 5.74) is 3.65. The molecular weight excluding hydrogens is 699 g/mol. The Balaban J connectivity index is 1.49. The van der Waals surface area contributed by atoms with Gasteiger partial charge in [0, 0.05) is 37.2 Å². The van der Waals surface area contributed by atoms with Crippen molar-refractivity contribution in [2.75, 3.05) is 29.6 Å². The van der Waals surface area contributed by atoms with E-state index in [9.17, 15) is 4.79 Å². The van der Waals surface area contributed by atoms with Crippen LogP contribution in [0.2, 0.25) is 25.7 Å². The molecule has 0 amide bonds. The number of carbonyl (C=O) groups excluding carboxylic acids is 1. The number of fused-ring (bicyclic) bond motifs is 2. The molecule has 0 N–H and O–H groups in total. The second kappa shape index (κ2) is 13.6. The van der Waals surface area contributed by atoms with Crippen LogP contribution in [0.4, 0.5) is 16.8 Å². The summed E-state index contributed by atoms with van der Waals surface area (Å²) in [6.45, 7) is 11.1. The highest BCUT2D eigenvalue weighted by Crippen LogP contribution is 2.38. The van der Waals surface area contributed by atoms with E-state index in [1.807, 2.05) is 6.07 Å². The molecule has 4 aromatic rings. The third-order valence-electron chi connectivity index (χ3n) is 7.20. The first kappa shape index (κ1) is 31.2. The van der Waals surface area contributed by atoms with Crippen molar-refractivity contribution < 1.29 is 14.3 Å². The van der Waals surface area contributed by atoms with Crippen molar-refractivity contribution in [1.29, 1.82) is 0 Å². The van der Waals surface area contributed by atoms with Crippen LogP contribution in [-0.4, -0.2) is 58.5 Å². The van der Waals surface area contributed by atoms with Crippen molar-refractivity contribution >= 4 is 86.3 Å². The standard InChI is InChI=1S/C29H37IN6O3S2Si/c1-19-20-10-9-15-35(28-31-24(27(37)38-2)23(41-28)13-8-14-30)26(20)34-33-25(19)32-29-36(18-39-16-17-42(3,4)5)21-11-6-7-12-22(21)40-29/h6-7,11-12H,8-10,13-18H2,1-5H3. The maximum absolute atomic E-state index is 12.5. The number of thiazole rings is 2. The van der Waals surface area contributed by atoms with Crippen molar-refractivity contribution in [1.82, 2.24) is 19.7 Å². The summed E-state index contributed by atoms with van der Waals surface area (Å²) in [6, 6.07) is 9.45. The number of aromatic nitrogens is 4. The molecule has 0 fully saturated rings. The molecule has 0 bridgehead atoms. The Morgan fingerprint density at radius 2 is 2.00 bits per heavy atom. The summed E-state index contributed by atoms with van der Waals surface area (Å²) in [5.74, 6) is 1.02. The Morgan fingerprint density at radius 3 is 2.76 bits per heavy atom. The molecule has 9 nitrogen and oxygen atoms in total. The highest BCUT2D eigenvalue weighted by Gasteiger charge is 2.28. The summed E-state index contributed by atoms with van der Waals surface area (Å²) in [7, 11) is 0.223. The van der Waals surface area contributed by atoms with Gasteiger partial charge in [-0.3, -0.25) is 4.57 Å². The first-order valence-corrected chi connectivity index (χ1v) is 21.0. The third-order valence-corrected chi connectivity index (χ3v) is 11.9. The fourth-order valence-electron chi connectivity index (χ4n) is 4.82. The van der Waals surface area contributed by atoms with Crippen LogP contribution in [0.1, 0.15) is 39.3 Å². The molecule has 42 heavy (non-hydrogen) atoms. The molecule has 1 aliphatic heterocycles. The zero-order valence-electron chi connectivity index (χ0n) is 24.8. The molecule has 224 valence electrons. The van der Waals surface area contributed by atoms with E-state index in [4.69, 9.17) is 19.5 Å². The fraction of sp³-hybridized carbons (Fsp3) is 0.483. The summed E-state index contributed by atoms with van der Waals surface area (Å²) >= 11 is 5.54. The van der Waals surface area contributed by atoms with Crippen molar-refractivity contribution in [2.45, 2.75) is 65.0 Å². The number of carbonyl (C=O) groups is 1. The van der Waals surface area contributed by atoms with Gasteiger partial charge in [-0.05, 0) is 55.2 Å². The van der Waals surface area contributed by atoms with E-state index in [0.717, 1.165) is 91.3 Å². The van der Waals surface area contributed by atoms with Crippen LogP contribution >= 0.6 is 45.3 Å². The van der Waals surface area contributed by atoms with Gasteiger partial charge in [0.25, 0.3) is 0 Å². The summed E-state index contributed by atoms with van der Waals surface area (Å²) in [5, 5.41) is 10.1. The smallest absolute Gasteiger partial charge is 0.357 e. The molecule has 4 heterocycles. The molecular formula is C29H37IN6O3S2Si. The molecule has 0 unspecified atom stereocenters. The van der Waals surface area contributed by atoms with E-state index < -0.39 is 14.0 Å². The number of anilines is 2. The van der Waals surface area contributed by atoms with Gasteiger partial charge < -0.3 is 14.4 Å². The van der Waals surface area contributed by atoms with E-state index in [1.54, 1.807) is 22.7 Å². The minimum atomic E-state index is -1.18. The quantitative estimate of drug-likeness (QED) is 0.0536. The molecule has 1 aliphatic rings. The second-order valence-corrected chi connectivity index (χ2v) is 20.3. The van der Waals surface area contributed by atoms with E-state index in [1.165, 1.54) is 7.11 Å². The van der Waals surface area contributed by atoms with Crippen molar-refractivity contribution in [3.8, 4) is 0 Å². The number of halogens is 1. The number of ether oxygens (including phenoxy) is 2. The van der Waals surface area contributed by atoms with E-state index in [2.05, 4.69) is 87.0 Å². The highest BCUT2D eigenvalue weighted by molar-refractivity contribution is 14.1. The SMILES string of the molecule is COC(=O)c1nc(N2CCCc3c2nnc(N=c2sc4ccccc4n2COCC[Si](C)(C)C)c3C)sc1CCCI. The Morgan fingerprint density at radius 1 is 1.19 bits per heavy atom. The monoisotopic (exact) mass is 736 g/mol. The van der Waals surface area contributed by atoms with Gasteiger partial charge in [0.15, 0.2) is 27.3 Å². The Hall–Kier alpha value is -2.20. The van der Waals surface area contributed by atoms with Gasteiger partial charge in [0.05, 0.1) is 17.3 Å². The molecule has 0 atom stereocenters. The van der Waals surface area contributed by atoms with E-state index in [-0.39, 0.29) is 0 Å². The number of para-hydroxylation sites is 1. The number of nitrogens with zero attached hydrogens (tertiary/aromatic N) is 6. The Labute approximate surface area is 269 Å². The molecule has 0 radical (unpaired) electrons. The number of methoxy groups -OCH3 is 1. The molecule has 3 aromatic heterocycles. The van der Waals surface area contributed by atoms with Crippen molar-refractivity contribution in [3.63, 3.8) is 0 Å². The molecule has 5 rings (SSSR count). The number of alkyl halides is 1. The Kier molecular flexibility index (Phi) is 10.1. The van der Waals surface area contributed by atoms with E-state index in [0.29, 0.717) is 18.2 Å². The zero-order valence-corrected chi connectivity index (χ0v) is 29.6. The fourth-order valence-corrected chi connectivity index (χ4v) is 8.10. The van der Waals surface area contributed by atoms with Crippen LogP contribution in [0.5, 0.6) is 0 Å². The van der Waals surface area contributed by atoms with Gasteiger partial charge in [-0.2, -0.15) is 4.99 Å². The molecule has 13 heteroatoms. The average molecular weight is 737 g/mol. The molecule has 0 saturated heterocycles. The molecule has 1 aromatic carbocycles. The number of benzene rings is 1. The minimum Gasteiger partial charge on any atom is -0.464 e. The van der Waals surface area contributed by atoms with Crippen molar-refractivity contribution in [3.05, 3.63) is 50.8 Å². The van der Waals surface area contributed by atoms with Crippen LogP contribution < -0.4 is 9.70 Å². The van der Waals surface area contributed by atoms with Crippen molar-refractivity contribution in [2.24, 2.45) is 4.99 Å². The second-order valence-electron chi connectivity index (χ2n) is 11.5. The number of hydrogen-bond donors (Lipinski definition) is 0.